The maximum atomic E-state index is 2.48. The quantitative estimate of drug-likeness (QED) is 0.159. The lowest BCUT2D eigenvalue weighted by Crippen LogP contribution is -2.15. The van der Waals surface area contributed by atoms with Crippen LogP contribution in [0, 0.1) is 0 Å². The normalized spacial score (nSPS) is 12.6. The zero-order valence-corrected chi connectivity index (χ0v) is 31.7. The fourth-order valence-electron chi connectivity index (χ4n) is 8.89. The molecular formula is C55H41N. The van der Waals surface area contributed by atoms with E-state index in [1.807, 2.05) is 0 Å². The van der Waals surface area contributed by atoms with Crippen LogP contribution in [-0.2, 0) is 5.41 Å². The maximum absolute atomic E-state index is 2.48. The van der Waals surface area contributed by atoms with Gasteiger partial charge in [0.05, 0.1) is 0 Å². The van der Waals surface area contributed by atoms with Crippen molar-refractivity contribution in [3.8, 4) is 55.6 Å². The zero-order valence-electron chi connectivity index (χ0n) is 31.7. The van der Waals surface area contributed by atoms with Gasteiger partial charge < -0.3 is 4.90 Å². The summed E-state index contributed by atoms with van der Waals surface area (Å²) < 4.78 is 0. The van der Waals surface area contributed by atoms with Gasteiger partial charge in [-0.1, -0.05) is 178 Å². The molecule has 266 valence electrons. The Labute approximate surface area is 329 Å². The van der Waals surface area contributed by atoms with Crippen LogP contribution < -0.4 is 4.90 Å². The topological polar surface area (TPSA) is 3.24 Å². The van der Waals surface area contributed by atoms with E-state index in [0.717, 1.165) is 17.1 Å². The fourth-order valence-corrected chi connectivity index (χ4v) is 8.89. The van der Waals surface area contributed by atoms with Crippen LogP contribution in [0.15, 0.2) is 212 Å². The smallest absolute Gasteiger partial charge is 0.0467 e. The lowest BCUT2D eigenvalue weighted by atomic mass is 9.80. The third kappa shape index (κ3) is 5.72. The molecule has 1 nitrogen and oxygen atoms in total. The van der Waals surface area contributed by atoms with Gasteiger partial charge in [-0.3, -0.25) is 0 Å². The summed E-state index contributed by atoms with van der Waals surface area (Å²) in [6.45, 7) is 4.76. The molecule has 0 bridgehead atoms. The van der Waals surface area contributed by atoms with Gasteiger partial charge in [-0.15, -0.1) is 0 Å². The Morgan fingerprint density at radius 2 is 0.839 bits per heavy atom. The molecule has 9 aromatic carbocycles. The van der Waals surface area contributed by atoms with E-state index in [-0.39, 0.29) is 5.41 Å². The molecule has 0 aromatic heterocycles. The predicted octanol–water partition coefficient (Wildman–Crippen LogP) is 15.3. The molecule has 0 amide bonds. The second kappa shape index (κ2) is 13.7. The third-order valence-corrected chi connectivity index (χ3v) is 11.7. The van der Waals surface area contributed by atoms with Crippen molar-refractivity contribution < 1.29 is 0 Å². The minimum Gasteiger partial charge on any atom is -0.310 e. The molecule has 0 radical (unpaired) electrons. The average Bonchev–Trinajstić information content (AvgIpc) is 3.49. The van der Waals surface area contributed by atoms with E-state index in [1.54, 1.807) is 0 Å². The van der Waals surface area contributed by atoms with Crippen LogP contribution in [0.3, 0.4) is 0 Å². The van der Waals surface area contributed by atoms with Crippen LogP contribution >= 0.6 is 0 Å². The summed E-state index contributed by atoms with van der Waals surface area (Å²) in [7, 11) is 0. The van der Waals surface area contributed by atoms with Gasteiger partial charge in [0.15, 0.2) is 0 Å². The molecule has 0 N–H and O–H groups in total. The van der Waals surface area contributed by atoms with Crippen LogP contribution in [0.1, 0.15) is 25.0 Å². The van der Waals surface area contributed by atoms with Crippen molar-refractivity contribution in [3.63, 3.8) is 0 Å². The average molecular weight is 716 g/mol. The highest BCUT2D eigenvalue weighted by atomic mass is 15.1. The fraction of sp³-hybridized carbons (Fsp3) is 0.0545. The van der Waals surface area contributed by atoms with Gasteiger partial charge in [-0.2, -0.15) is 0 Å². The summed E-state index contributed by atoms with van der Waals surface area (Å²) in [5.74, 6) is 0. The van der Waals surface area contributed by atoms with Crippen molar-refractivity contribution >= 4 is 27.8 Å². The Kier molecular flexibility index (Phi) is 8.23. The molecule has 0 atom stereocenters. The SMILES string of the molecule is CC1(C)c2cc(-c3ccc(N(c4ccccc4)c4cccc(-c5cccc6ccccc56)c4)cc3)c(-c3ccccc3)cc2-c2c(-c3ccccc3)cccc21. The first-order valence-corrected chi connectivity index (χ1v) is 19.5. The summed E-state index contributed by atoms with van der Waals surface area (Å²) >= 11 is 0. The number of rotatable bonds is 7. The van der Waals surface area contributed by atoms with Gasteiger partial charge in [0.25, 0.3) is 0 Å². The Morgan fingerprint density at radius 1 is 0.321 bits per heavy atom. The molecule has 0 fully saturated rings. The number of para-hydroxylation sites is 1. The van der Waals surface area contributed by atoms with Crippen LogP contribution in [0.2, 0.25) is 0 Å². The van der Waals surface area contributed by atoms with E-state index in [0.29, 0.717) is 0 Å². The van der Waals surface area contributed by atoms with E-state index < -0.39 is 0 Å². The summed E-state index contributed by atoms with van der Waals surface area (Å²) in [6.07, 6.45) is 0. The molecule has 56 heavy (non-hydrogen) atoms. The van der Waals surface area contributed by atoms with E-state index in [9.17, 15) is 0 Å². The molecule has 1 heteroatoms. The first-order valence-electron chi connectivity index (χ1n) is 19.5. The lowest BCUT2D eigenvalue weighted by molar-refractivity contribution is 0.661. The summed E-state index contributed by atoms with van der Waals surface area (Å²) in [4.78, 5) is 2.37. The van der Waals surface area contributed by atoms with Gasteiger partial charge >= 0.3 is 0 Å². The first kappa shape index (κ1) is 33.6. The monoisotopic (exact) mass is 715 g/mol. The second-order valence-corrected chi connectivity index (χ2v) is 15.3. The largest absolute Gasteiger partial charge is 0.310 e. The van der Waals surface area contributed by atoms with Crippen molar-refractivity contribution in [1.29, 1.82) is 0 Å². The van der Waals surface area contributed by atoms with E-state index >= 15 is 0 Å². The summed E-state index contributed by atoms with van der Waals surface area (Å²) in [5, 5.41) is 2.50. The van der Waals surface area contributed by atoms with Gasteiger partial charge in [-0.05, 0) is 126 Å². The van der Waals surface area contributed by atoms with Gasteiger partial charge in [-0.25, -0.2) is 0 Å². The standard InChI is InChI=1S/C55H41N/c1-55(2)52-30-16-29-48(39-17-6-3-7-18-39)54(52)51-36-49(40-19-8-4-9-20-40)50(37-53(51)55)41-31-33-44(34-32-41)56(43-24-10-5-11-25-43)45-26-14-23-42(35-45)47-28-15-22-38-21-12-13-27-46(38)47/h3-37H,1-2H3. The molecule has 1 aliphatic carbocycles. The van der Waals surface area contributed by atoms with E-state index in [1.165, 1.54) is 77.5 Å². The number of hydrogen-bond donors (Lipinski definition) is 0. The van der Waals surface area contributed by atoms with Gasteiger partial charge in [0.1, 0.15) is 0 Å². The second-order valence-electron chi connectivity index (χ2n) is 15.3. The highest BCUT2D eigenvalue weighted by molar-refractivity contribution is 5.99. The Balaban J connectivity index is 1.11. The van der Waals surface area contributed by atoms with E-state index in [2.05, 4.69) is 231 Å². The molecule has 0 saturated carbocycles. The molecule has 10 rings (SSSR count). The number of anilines is 3. The maximum Gasteiger partial charge on any atom is 0.0467 e. The number of nitrogens with zero attached hydrogens (tertiary/aromatic N) is 1. The molecule has 9 aromatic rings. The summed E-state index contributed by atoms with van der Waals surface area (Å²) in [6, 6.07) is 77.5. The van der Waals surface area contributed by atoms with Crippen molar-refractivity contribution in [2.24, 2.45) is 0 Å². The van der Waals surface area contributed by atoms with Crippen LogP contribution in [0.25, 0.3) is 66.4 Å². The van der Waals surface area contributed by atoms with Gasteiger partial charge in [0, 0.05) is 22.5 Å². The molecule has 0 aliphatic heterocycles. The highest BCUT2D eigenvalue weighted by Gasteiger charge is 2.38. The molecular weight excluding hydrogens is 675 g/mol. The number of benzene rings is 9. The third-order valence-electron chi connectivity index (χ3n) is 11.7. The van der Waals surface area contributed by atoms with Crippen molar-refractivity contribution in [2.45, 2.75) is 19.3 Å². The van der Waals surface area contributed by atoms with Crippen molar-refractivity contribution in [3.05, 3.63) is 223 Å². The number of fused-ring (bicyclic) bond motifs is 4. The van der Waals surface area contributed by atoms with Crippen molar-refractivity contribution in [1.82, 2.24) is 0 Å². The zero-order chi connectivity index (χ0) is 37.6. The van der Waals surface area contributed by atoms with Crippen LogP contribution in [0.4, 0.5) is 17.1 Å². The van der Waals surface area contributed by atoms with Crippen LogP contribution in [-0.4, -0.2) is 0 Å². The number of hydrogen-bond acceptors (Lipinski definition) is 1. The first-order chi connectivity index (χ1) is 27.5. The predicted molar refractivity (Wildman–Crippen MR) is 238 cm³/mol. The molecule has 0 heterocycles. The molecule has 1 aliphatic rings. The highest BCUT2D eigenvalue weighted by Crippen LogP contribution is 2.54. The van der Waals surface area contributed by atoms with E-state index in [4.69, 9.17) is 0 Å². The Bertz CT molecular complexity index is 2850. The minimum atomic E-state index is -0.154. The minimum absolute atomic E-state index is 0.154. The molecule has 0 spiro atoms. The van der Waals surface area contributed by atoms with Gasteiger partial charge in [0.2, 0.25) is 0 Å². The Hall–Kier alpha value is -6.96. The molecule has 0 unspecified atom stereocenters. The lowest BCUT2D eigenvalue weighted by Gasteiger charge is -2.26. The van der Waals surface area contributed by atoms with Crippen molar-refractivity contribution in [2.75, 3.05) is 4.90 Å². The molecule has 0 saturated heterocycles. The van der Waals surface area contributed by atoms with Crippen LogP contribution in [0.5, 0.6) is 0 Å². The summed E-state index contributed by atoms with van der Waals surface area (Å²) in [5.41, 5.74) is 18.5. The Morgan fingerprint density at radius 3 is 1.59 bits per heavy atom.